The summed E-state index contributed by atoms with van der Waals surface area (Å²) in [4.78, 5) is 0. The van der Waals surface area contributed by atoms with Gasteiger partial charge in [-0.25, -0.2) is 0 Å². The lowest BCUT2D eigenvalue weighted by Crippen LogP contribution is -2.30. The highest BCUT2D eigenvalue weighted by Crippen LogP contribution is 2.43. The molecule has 1 aliphatic carbocycles. The zero-order chi connectivity index (χ0) is 11.1. The van der Waals surface area contributed by atoms with E-state index in [0.717, 1.165) is 30.5 Å². The molecule has 2 unspecified atom stereocenters. The van der Waals surface area contributed by atoms with E-state index in [0.29, 0.717) is 5.92 Å². The Balaban J connectivity index is 2.43. The van der Waals surface area contributed by atoms with Crippen molar-refractivity contribution in [2.45, 2.75) is 38.7 Å². The number of hydrogen-bond donors (Lipinski definition) is 2. The molecular weight excluding hydrogens is 186 g/mol. The monoisotopic (exact) mass is 205 g/mol. The van der Waals surface area contributed by atoms with Gasteiger partial charge in [0.05, 0.1) is 5.60 Å². The minimum atomic E-state index is -0.627. The van der Waals surface area contributed by atoms with Crippen LogP contribution in [0.5, 0.6) is 0 Å². The van der Waals surface area contributed by atoms with E-state index >= 15 is 0 Å². The van der Waals surface area contributed by atoms with Crippen LogP contribution >= 0.6 is 0 Å². The molecule has 0 amide bonds. The molecule has 0 bridgehead atoms. The Labute approximate surface area is 91.1 Å². The van der Waals surface area contributed by atoms with Crippen LogP contribution in [0.1, 0.15) is 37.8 Å². The van der Waals surface area contributed by atoms with Crippen LogP contribution in [0.15, 0.2) is 18.2 Å². The summed E-state index contributed by atoms with van der Waals surface area (Å²) in [5, 5.41) is 10.7. The quantitative estimate of drug-likeness (QED) is 0.728. The number of nitrogen functional groups attached to an aromatic ring is 1. The van der Waals surface area contributed by atoms with Gasteiger partial charge < -0.3 is 10.8 Å². The third-order valence-corrected chi connectivity index (χ3v) is 3.80. The van der Waals surface area contributed by atoms with E-state index in [-0.39, 0.29) is 0 Å². The van der Waals surface area contributed by atoms with Gasteiger partial charge in [0.25, 0.3) is 0 Å². The minimum absolute atomic E-state index is 0.308. The minimum Gasteiger partial charge on any atom is -0.399 e. The second-order valence-corrected chi connectivity index (χ2v) is 4.65. The summed E-state index contributed by atoms with van der Waals surface area (Å²) >= 11 is 0. The average Bonchev–Trinajstić information content (AvgIpc) is 2.56. The van der Waals surface area contributed by atoms with Crippen molar-refractivity contribution >= 4 is 5.69 Å². The van der Waals surface area contributed by atoms with E-state index in [1.54, 1.807) is 0 Å². The van der Waals surface area contributed by atoms with Crippen LogP contribution in [0.2, 0.25) is 0 Å². The summed E-state index contributed by atoms with van der Waals surface area (Å²) in [6.45, 7) is 4.24. The fraction of sp³-hybridized carbons (Fsp3) is 0.538. The molecular formula is C13H19NO. The second kappa shape index (κ2) is 3.53. The van der Waals surface area contributed by atoms with Crippen molar-refractivity contribution < 1.29 is 5.11 Å². The highest BCUT2D eigenvalue weighted by molar-refractivity contribution is 5.49. The highest BCUT2D eigenvalue weighted by atomic mass is 16.3. The molecule has 2 rings (SSSR count). The van der Waals surface area contributed by atoms with Gasteiger partial charge in [-0.15, -0.1) is 0 Å². The van der Waals surface area contributed by atoms with Crippen LogP contribution in [0.4, 0.5) is 5.69 Å². The lowest BCUT2D eigenvalue weighted by atomic mass is 9.82. The van der Waals surface area contributed by atoms with Gasteiger partial charge >= 0.3 is 0 Å². The summed E-state index contributed by atoms with van der Waals surface area (Å²) in [6.07, 6.45) is 2.78. The van der Waals surface area contributed by atoms with Crippen LogP contribution in [0, 0.1) is 5.92 Å². The Morgan fingerprint density at radius 2 is 2.27 bits per heavy atom. The van der Waals surface area contributed by atoms with Crippen LogP contribution < -0.4 is 5.73 Å². The molecule has 1 aromatic rings. The molecule has 2 nitrogen and oxygen atoms in total. The predicted octanol–water partition coefficient (Wildman–Crippen LogP) is 2.45. The molecule has 15 heavy (non-hydrogen) atoms. The van der Waals surface area contributed by atoms with Gasteiger partial charge in [0, 0.05) is 5.69 Å². The Kier molecular flexibility index (Phi) is 2.47. The normalized spacial score (nSPS) is 26.3. The van der Waals surface area contributed by atoms with Crippen LogP contribution in [-0.4, -0.2) is 5.11 Å². The maximum Gasteiger partial charge on any atom is 0.0927 e. The van der Waals surface area contributed by atoms with Gasteiger partial charge in [-0.05, 0) is 42.0 Å². The number of nitrogens with two attached hydrogens (primary N) is 1. The van der Waals surface area contributed by atoms with E-state index in [2.05, 4.69) is 13.8 Å². The number of hydrogen-bond acceptors (Lipinski definition) is 2. The molecule has 0 aromatic heterocycles. The lowest BCUT2D eigenvalue weighted by Gasteiger charge is -2.30. The molecule has 2 atom stereocenters. The molecule has 1 aliphatic rings. The third kappa shape index (κ3) is 1.53. The van der Waals surface area contributed by atoms with Crippen LogP contribution in [0.25, 0.3) is 0 Å². The molecule has 1 aromatic carbocycles. The van der Waals surface area contributed by atoms with E-state index in [4.69, 9.17) is 5.73 Å². The van der Waals surface area contributed by atoms with E-state index < -0.39 is 5.60 Å². The zero-order valence-corrected chi connectivity index (χ0v) is 9.46. The smallest absolute Gasteiger partial charge is 0.0927 e. The van der Waals surface area contributed by atoms with Crippen molar-refractivity contribution in [3.05, 3.63) is 29.3 Å². The predicted molar refractivity (Wildman–Crippen MR) is 62.5 cm³/mol. The summed E-state index contributed by atoms with van der Waals surface area (Å²) in [6, 6.07) is 5.87. The summed E-state index contributed by atoms with van der Waals surface area (Å²) in [5.74, 6) is 0.308. The molecule has 0 radical (unpaired) electrons. The van der Waals surface area contributed by atoms with Gasteiger partial charge in [0.2, 0.25) is 0 Å². The first kappa shape index (κ1) is 10.5. The van der Waals surface area contributed by atoms with Crippen LogP contribution in [0.3, 0.4) is 0 Å². The molecule has 0 heterocycles. The first-order chi connectivity index (χ1) is 7.08. The van der Waals surface area contributed by atoms with Crippen molar-refractivity contribution in [1.29, 1.82) is 0 Å². The largest absolute Gasteiger partial charge is 0.399 e. The van der Waals surface area contributed by atoms with Crippen molar-refractivity contribution in [2.75, 3.05) is 5.73 Å². The zero-order valence-electron chi connectivity index (χ0n) is 9.46. The fourth-order valence-corrected chi connectivity index (χ4v) is 2.55. The molecule has 0 aliphatic heterocycles. The number of aliphatic hydroxyl groups is 1. The molecule has 0 saturated carbocycles. The van der Waals surface area contributed by atoms with Gasteiger partial charge in [-0.2, -0.15) is 0 Å². The van der Waals surface area contributed by atoms with Crippen molar-refractivity contribution in [3.8, 4) is 0 Å². The topological polar surface area (TPSA) is 46.2 Å². The highest BCUT2D eigenvalue weighted by Gasteiger charge is 2.40. The lowest BCUT2D eigenvalue weighted by molar-refractivity contribution is -0.0168. The Bertz CT molecular complexity index is 375. The number of fused-ring (bicyclic) bond motifs is 1. The molecule has 0 saturated heterocycles. The van der Waals surface area contributed by atoms with E-state index in [1.807, 2.05) is 18.2 Å². The van der Waals surface area contributed by atoms with Gasteiger partial charge in [-0.1, -0.05) is 26.3 Å². The maximum absolute atomic E-state index is 10.7. The van der Waals surface area contributed by atoms with Gasteiger partial charge in [-0.3, -0.25) is 0 Å². The maximum atomic E-state index is 10.7. The average molecular weight is 205 g/mol. The number of aryl methyl sites for hydroxylation is 1. The van der Waals surface area contributed by atoms with E-state index in [9.17, 15) is 5.11 Å². The van der Waals surface area contributed by atoms with Gasteiger partial charge in [0.15, 0.2) is 0 Å². The number of anilines is 1. The Morgan fingerprint density at radius 3 is 2.93 bits per heavy atom. The molecule has 82 valence electrons. The second-order valence-electron chi connectivity index (χ2n) is 4.65. The van der Waals surface area contributed by atoms with Crippen molar-refractivity contribution in [3.63, 3.8) is 0 Å². The summed E-state index contributed by atoms with van der Waals surface area (Å²) in [7, 11) is 0. The molecule has 0 fully saturated rings. The Morgan fingerprint density at radius 1 is 1.53 bits per heavy atom. The SMILES string of the molecule is CCC(C)C1(O)CCc2cc(N)ccc21. The van der Waals surface area contributed by atoms with Crippen LogP contribution in [-0.2, 0) is 12.0 Å². The summed E-state index contributed by atoms with van der Waals surface area (Å²) < 4.78 is 0. The van der Waals surface area contributed by atoms with Crippen molar-refractivity contribution in [1.82, 2.24) is 0 Å². The standard InChI is InChI=1S/C13H19NO/c1-3-9(2)13(15)7-6-10-8-11(14)4-5-12(10)13/h4-5,8-9,15H,3,6-7,14H2,1-2H3. The first-order valence-corrected chi connectivity index (χ1v) is 5.69. The number of rotatable bonds is 2. The molecule has 0 spiro atoms. The van der Waals surface area contributed by atoms with E-state index in [1.165, 1.54) is 5.56 Å². The third-order valence-electron chi connectivity index (χ3n) is 3.80. The molecule has 3 N–H and O–H groups in total. The first-order valence-electron chi connectivity index (χ1n) is 5.69. The summed E-state index contributed by atoms with van der Waals surface area (Å²) in [5.41, 5.74) is 8.22. The Hall–Kier alpha value is -1.02. The fourth-order valence-electron chi connectivity index (χ4n) is 2.55. The molecule has 2 heteroatoms. The van der Waals surface area contributed by atoms with Gasteiger partial charge in [0.1, 0.15) is 0 Å². The number of benzene rings is 1. The van der Waals surface area contributed by atoms with Crippen molar-refractivity contribution in [2.24, 2.45) is 5.92 Å².